The molecule has 0 spiro atoms. The Morgan fingerprint density at radius 3 is 2.38 bits per heavy atom. The second kappa shape index (κ2) is 6.32. The summed E-state index contributed by atoms with van der Waals surface area (Å²) in [5, 5.41) is 12.4. The van der Waals surface area contributed by atoms with Gasteiger partial charge in [-0.25, -0.2) is 0 Å². The van der Waals surface area contributed by atoms with E-state index in [1.807, 2.05) is 9.80 Å². The Balaban J connectivity index is 1.92. The second-order valence-electron chi connectivity index (χ2n) is 6.85. The maximum Gasteiger partial charge on any atom is 0.320 e. The van der Waals surface area contributed by atoms with E-state index in [1.165, 1.54) is 0 Å². The summed E-state index contributed by atoms with van der Waals surface area (Å²) >= 11 is 0. The van der Waals surface area contributed by atoms with Gasteiger partial charge in [-0.15, -0.1) is 0 Å². The minimum absolute atomic E-state index is 0.0131. The van der Waals surface area contributed by atoms with Gasteiger partial charge in [0.25, 0.3) is 0 Å². The highest BCUT2D eigenvalue weighted by Gasteiger charge is 2.40. The third-order valence-electron chi connectivity index (χ3n) is 4.91. The van der Waals surface area contributed by atoms with Gasteiger partial charge < -0.3 is 15.3 Å². The van der Waals surface area contributed by atoms with Crippen molar-refractivity contribution in [1.82, 2.24) is 15.1 Å². The van der Waals surface area contributed by atoms with Crippen LogP contribution in [0.15, 0.2) is 0 Å². The van der Waals surface area contributed by atoms with Crippen LogP contribution in [0.5, 0.6) is 0 Å². The van der Waals surface area contributed by atoms with Gasteiger partial charge in [-0.2, -0.15) is 0 Å². The molecule has 0 aliphatic carbocycles. The van der Waals surface area contributed by atoms with E-state index < -0.39 is 12.0 Å². The van der Waals surface area contributed by atoms with Gasteiger partial charge in [0.05, 0.1) is 6.04 Å². The lowest BCUT2D eigenvalue weighted by atomic mass is 9.77. The molecule has 6 heteroatoms. The van der Waals surface area contributed by atoms with Crippen LogP contribution in [-0.2, 0) is 9.59 Å². The first kappa shape index (κ1) is 16.2. The van der Waals surface area contributed by atoms with Crippen molar-refractivity contribution in [1.29, 1.82) is 0 Å². The Hall–Kier alpha value is -1.14. The number of hydrogen-bond acceptors (Lipinski definition) is 4. The molecule has 2 atom stereocenters. The molecule has 2 fully saturated rings. The number of carbonyl (C=O) groups excluding carboxylic acids is 1. The van der Waals surface area contributed by atoms with E-state index in [4.69, 9.17) is 5.11 Å². The Morgan fingerprint density at radius 1 is 1.24 bits per heavy atom. The van der Waals surface area contributed by atoms with Gasteiger partial charge in [-0.3, -0.25) is 14.5 Å². The van der Waals surface area contributed by atoms with Crippen molar-refractivity contribution in [3.05, 3.63) is 0 Å². The van der Waals surface area contributed by atoms with E-state index in [9.17, 15) is 9.59 Å². The number of carboxylic acids is 1. The smallest absolute Gasteiger partial charge is 0.320 e. The molecule has 0 saturated carbocycles. The lowest BCUT2D eigenvalue weighted by molar-refractivity contribution is -0.145. The highest BCUT2D eigenvalue weighted by molar-refractivity contribution is 5.83. The first-order valence-electron chi connectivity index (χ1n) is 7.82. The van der Waals surface area contributed by atoms with Crippen molar-refractivity contribution in [2.75, 3.05) is 32.7 Å². The predicted octanol–water partition coefficient (Wildman–Crippen LogP) is 0.382. The SMILES string of the molecule is CC(C(=O)O)N1CCN(C(=O)C2NCCCC2(C)C)CC1. The van der Waals surface area contributed by atoms with E-state index in [0.29, 0.717) is 26.2 Å². The van der Waals surface area contributed by atoms with Crippen LogP contribution in [0, 0.1) is 5.41 Å². The van der Waals surface area contributed by atoms with E-state index in [-0.39, 0.29) is 17.4 Å². The molecule has 2 rings (SSSR count). The number of piperazine rings is 1. The number of amides is 1. The Bertz CT molecular complexity index is 403. The molecule has 0 aromatic heterocycles. The van der Waals surface area contributed by atoms with E-state index in [0.717, 1.165) is 19.4 Å². The molecule has 0 radical (unpaired) electrons. The molecule has 2 aliphatic heterocycles. The Labute approximate surface area is 126 Å². The maximum absolute atomic E-state index is 12.7. The zero-order valence-corrected chi connectivity index (χ0v) is 13.3. The second-order valence-corrected chi connectivity index (χ2v) is 6.85. The van der Waals surface area contributed by atoms with Crippen LogP contribution < -0.4 is 5.32 Å². The summed E-state index contributed by atoms with van der Waals surface area (Å²) < 4.78 is 0. The van der Waals surface area contributed by atoms with Crippen molar-refractivity contribution < 1.29 is 14.7 Å². The fourth-order valence-electron chi connectivity index (χ4n) is 3.30. The summed E-state index contributed by atoms with van der Waals surface area (Å²) in [6.07, 6.45) is 2.17. The van der Waals surface area contributed by atoms with Crippen molar-refractivity contribution in [3.63, 3.8) is 0 Å². The normalized spacial score (nSPS) is 28.1. The Morgan fingerprint density at radius 2 is 1.86 bits per heavy atom. The molecule has 0 bridgehead atoms. The summed E-state index contributed by atoms with van der Waals surface area (Å²) in [6, 6.07) is -0.596. The summed E-state index contributed by atoms with van der Waals surface area (Å²) in [6.45, 7) is 9.38. The molecular formula is C15H27N3O3. The third kappa shape index (κ3) is 3.55. The molecular weight excluding hydrogens is 270 g/mol. The number of nitrogens with zero attached hydrogens (tertiary/aromatic N) is 2. The van der Waals surface area contributed by atoms with Gasteiger partial charge in [0.15, 0.2) is 0 Å². The minimum Gasteiger partial charge on any atom is -0.480 e. The maximum atomic E-state index is 12.7. The van der Waals surface area contributed by atoms with Crippen LogP contribution in [0.2, 0.25) is 0 Å². The van der Waals surface area contributed by atoms with Gasteiger partial charge in [0.2, 0.25) is 5.91 Å². The lowest BCUT2D eigenvalue weighted by Crippen LogP contribution is -2.60. The highest BCUT2D eigenvalue weighted by atomic mass is 16.4. The number of rotatable bonds is 3. The van der Waals surface area contributed by atoms with E-state index in [1.54, 1.807) is 6.92 Å². The highest BCUT2D eigenvalue weighted by Crippen LogP contribution is 2.31. The fraction of sp³-hybridized carbons (Fsp3) is 0.867. The van der Waals surface area contributed by atoms with E-state index >= 15 is 0 Å². The quantitative estimate of drug-likeness (QED) is 0.788. The summed E-state index contributed by atoms with van der Waals surface area (Å²) in [7, 11) is 0. The first-order chi connectivity index (χ1) is 9.83. The number of piperidine rings is 1. The van der Waals surface area contributed by atoms with Crippen LogP contribution >= 0.6 is 0 Å². The molecule has 6 nitrogen and oxygen atoms in total. The lowest BCUT2D eigenvalue weighted by Gasteiger charge is -2.43. The van der Waals surface area contributed by atoms with E-state index in [2.05, 4.69) is 19.2 Å². The third-order valence-corrected chi connectivity index (χ3v) is 4.91. The number of nitrogens with one attached hydrogen (secondary N) is 1. The monoisotopic (exact) mass is 297 g/mol. The molecule has 0 aromatic carbocycles. The van der Waals surface area contributed by atoms with Crippen LogP contribution in [0.25, 0.3) is 0 Å². The zero-order valence-electron chi connectivity index (χ0n) is 13.3. The van der Waals surface area contributed by atoms with Gasteiger partial charge in [-0.1, -0.05) is 13.8 Å². The van der Waals surface area contributed by atoms with Crippen LogP contribution in [0.4, 0.5) is 0 Å². The fourth-order valence-corrected chi connectivity index (χ4v) is 3.30. The first-order valence-corrected chi connectivity index (χ1v) is 7.82. The molecule has 0 aromatic rings. The van der Waals surface area contributed by atoms with Crippen LogP contribution in [0.3, 0.4) is 0 Å². The molecule has 2 saturated heterocycles. The van der Waals surface area contributed by atoms with Gasteiger partial charge in [0, 0.05) is 26.2 Å². The minimum atomic E-state index is -0.801. The van der Waals surface area contributed by atoms with Gasteiger partial charge >= 0.3 is 5.97 Å². The summed E-state index contributed by atoms with van der Waals surface area (Å²) in [5.74, 6) is -0.632. The van der Waals surface area contributed by atoms with Crippen LogP contribution in [-0.4, -0.2) is 71.6 Å². The summed E-state index contributed by atoms with van der Waals surface area (Å²) in [4.78, 5) is 27.5. The molecule has 21 heavy (non-hydrogen) atoms. The number of aliphatic carboxylic acids is 1. The van der Waals surface area contributed by atoms with Crippen LogP contribution in [0.1, 0.15) is 33.6 Å². The average Bonchev–Trinajstić information content (AvgIpc) is 2.45. The molecule has 2 heterocycles. The predicted molar refractivity (Wildman–Crippen MR) is 80.1 cm³/mol. The number of carboxylic acid groups (broad SMARTS) is 1. The topological polar surface area (TPSA) is 72.9 Å². The summed E-state index contributed by atoms with van der Waals surface area (Å²) in [5.41, 5.74) is -0.0131. The Kier molecular flexibility index (Phi) is 4.88. The average molecular weight is 297 g/mol. The number of carbonyl (C=O) groups is 2. The molecule has 1 amide bonds. The zero-order chi connectivity index (χ0) is 15.6. The molecule has 2 aliphatic rings. The standard InChI is InChI=1S/C15H27N3O3/c1-11(14(20)21)17-7-9-18(10-8-17)13(19)12-15(2,3)5-4-6-16-12/h11-12,16H,4-10H2,1-3H3,(H,20,21). The van der Waals surface area contributed by atoms with Crippen molar-refractivity contribution in [2.24, 2.45) is 5.41 Å². The van der Waals surface area contributed by atoms with Gasteiger partial charge in [0.1, 0.15) is 6.04 Å². The van der Waals surface area contributed by atoms with Crippen molar-refractivity contribution >= 4 is 11.9 Å². The molecule has 120 valence electrons. The van der Waals surface area contributed by atoms with Crippen molar-refractivity contribution in [3.8, 4) is 0 Å². The molecule has 2 unspecified atom stereocenters. The molecule has 2 N–H and O–H groups in total. The number of hydrogen-bond donors (Lipinski definition) is 2. The largest absolute Gasteiger partial charge is 0.480 e. The van der Waals surface area contributed by atoms with Crippen molar-refractivity contribution in [2.45, 2.75) is 45.7 Å². The van der Waals surface area contributed by atoms with Gasteiger partial charge in [-0.05, 0) is 31.7 Å².